The van der Waals surface area contributed by atoms with E-state index in [1.165, 1.54) is 106 Å². The third-order valence-corrected chi connectivity index (χ3v) is 14.6. The van der Waals surface area contributed by atoms with Crippen molar-refractivity contribution in [2.45, 2.75) is 19.6 Å². The molecule has 0 N–H and O–H groups in total. The van der Waals surface area contributed by atoms with Crippen LogP contribution in [0.4, 0.5) is 0 Å². The molecular weight excluding hydrogens is 701 g/mol. The smallest absolute Gasteiger partial charge is 0.0555 e. The third-order valence-electron chi connectivity index (χ3n) is 10.8. The van der Waals surface area contributed by atoms with Gasteiger partial charge >= 0.3 is 0 Å². The first-order valence-corrected chi connectivity index (χ1v) is 20.3. The molecule has 0 bridgehead atoms. The van der Waals surface area contributed by atoms with Crippen molar-refractivity contribution < 1.29 is 0 Å². The average Bonchev–Trinajstić information content (AvgIpc) is 3.88. The number of para-hydroxylation sites is 2. The van der Waals surface area contributed by atoms with Crippen LogP contribution in [0.25, 0.3) is 86.3 Å². The van der Waals surface area contributed by atoms with Gasteiger partial charge in [0, 0.05) is 72.7 Å². The minimum Gasteiger partial charge on any atom is -0.309 e. The molecule has 53 heavy (non-hydrogen) atoms. The molecule has 0 saturated carbocycles. The predicted molar refractivity (Wildman–Crippen MR) is 228 cm³/mol. The Bertz CT molecular complexity index is 3270. The summed E-state index contributed by atoms with van der Waals surface area (Å²) >= 11 is 5.68. The quantitative estimate of drug-likeness (QED) is 0.179. The molecule has 0 radical (unpaired) electrons. The van der Waals surface area contributed by atoms with Gasteiger partial charge in [0.25, 0.3) is 0 Å². The van der Waals surface area contributed by atoms with E-state index >= 15 is 0 Å². The van der Waals surface area contributed by atoms with E-state index in [9.17, 15) is 0 Å². The molecule has 12 rings (SSSR count). The minimum atomic E-state index is 1.17. The van der Waals surface area contributed by atoms with Gasteiger partial charge in [0.1, 0.15) is 0 Å². The normalized spacial score (nSPS) is 12.8. The molecule has 1 aliphatic heterocycles. The van der Waals surface area contributed by atoms with Crippen LogP contribution in [-0.4, -0.2) is 9.13 Å². The van der Waals surface area contributed by atoms with E-state index in [1.807, 2.05) is 34.9 Å². The first kappa shape index (κ1) is 29.8. The number of fused-ring (bicyclic) bond motifs is 13. The van der Waals surface area contributed by atoms with Gasteiger partial charge in [0.15, 0.2) is 0 Å². The first-order chi connectivity index (χ1) is 26.3. The zero-order chi connectivity index (χ0) is 34.6. The summed E-state index contributed by atoms with van der Waals surface area (Å²) in [5, 5.41) is 7.94. The Labute approximate surface area is 317 Å². The lowest BCUT2D eigenvalue weighted by Gasteiger charge is -2.19. The topological polar surface area (TPSA) is 9.86 Å². The molecule has 3 aromatic heterocycles. The Morgan fingerprint density at radius 2 is 0.868 bits per heavy atom. The number of hydrogen-bond donors (Lipinski definition) is 0. The van der Waals surface area contributed by atoms with Crippen LogP contribution in [0.15, 0.2) is 189 Å². The summed E-state index contributed by atoms with van der Waals surface area (Å²) in [6.45, 7) is 0. The van der Waals surface area contributed by atoms with E-state index in [1.54, 1.807) is 0 Å². The number of aromatic nitrogens is 2. The summed E-state index contributed by atoms with van der Waals surface area (Å²) in [5.41, 5.74) is 9.71. The second kappa shape index (κ2) is 11.4. The number of nitrogens with zero attached hydrogens (tertiary/aromatic N) is 2. The van der Waals surface area contributed by atoms with E-state index in [2.05, 4.69) is 179 Å². The molecule has 0 atom stereocenters. The Morgan fingerprint density at radius 1 is 0.340 bits per heavy atom. The van der Waals surface area contributed by atoms with Crippen molar-refractivity contribution in [2.75, 3.05) is 0 Å². The van der Waals surface area contributed by atoms with E-state index in [0.717, 1.165) is 0 Å². The summed E-state index contributed by atoms with van der Waals surface area (Å²) in [7, 11) is 0. The van der Waals surface area contributed by atoms with Crippen molar-refractivity contribution in [3.8, 4) is 22.5 Å². The molecule has 4 heterocycles. The fraction of sp³-hybridized carbons (Fsp3) is 0. The van der Waals surface area contributed by atoms with Crippen molar-refractivity contribution in [1.29, 1.82) is 0 Å². The Kier molecular flexibility index (Phi) is 6.41. The second-order valence-corrected chi connectivity index (χ2v) is 16.9. The lowest BCUT2D eigenvalue weighted by Crippen LogP contribution is -1.95. The fourth-order valence-electron chi connectivity index (χ4n) is 8.44. The lowest BCUT2D eigenvalue weighted by molar-refractivity contribution is 1.15. The molecule has 0 saturated heterocycles. The summed E-state index contributed by atoms with van der Waals surface area (Å²) in [6.07, 6.45) is 0. The molecule has 0 unspecified atom stereocenters. The van der Waals surface area contributed by atoms with Crippen LogP contribution >= 0.6 is 34.9 Å². The summed E-state index contributed by atoms with van der Waals surface area (Å²) in [4.78, 5) is 5.35. The average molecular weight is 729 g/mol. The molecule has 8 aromatic carbocycles. The van der Waals surface area contributed by atoms with Crippen LogP contribution in [0.3, 0.4) is 0 Å². The predicted octanol–water partition coefficient (Wildman–Crippen LogP) is 14.5. The number of benzene rings is 8. The van der Waals surface area contributed by atoms with Gasteiger partial charge in [-0.25, -0.2) is 0 Å². The van der Waals surface area contributed by atoms with E-state index in [-0.39, 0.29) is 0 Å². The van der Waals surface area contributed by atoms with Gasteiger partial charge in [-0.2, -0.15) is 0 Å². The lowest BCUT2D eigenvalue weighted by atomic mass is 10.0. The molecule has 5 heteroatoms. The highest BCUT2D eigenvalue weighted by Gasteiger charge is 2.23. The van der Waals surface area contributed by atoms with Crippen LogP contribution in [0.5, 0.6) is 0 Å². The highest BCUT2D eigenvalue weighted by atomic mass is 32.2. The molecule has 0 fully saturated rings. The third kappa shape index (κ3) is 4.36. The van der Waals surface area contributed by atoms with Crippen LogP contribution in [0.1, 0.15) is 0 Å². The Balaban J connectivity index is 0.940. The Morgan fingerprint density at radius 3 is 1.55 bits per heavy atom. The fourth-order valence-corrected chi connectivity index (χ4v) is 12.1. The van der Waals surface area contributed by atoms with Gasteiger partial charge in [0.2, 0.25) is 0 Å². The number of rotatable bonds is 3. The summed E-state index contributed by atoms with van der Waals surface area (Å²) in [5.74, 6) is 0. The molecule has 1 aliphatic rings. The van der Waals surface area contributed by atoms with Crippen molar-refractivity contribution in [2.24, 2.45) is 0 Å². The van der Waals surface area contributed by atoms with Gasteiger partial charge in [0.05, 0.1) is 22.1 Å². The molecule has 11 aromatic rings. The molecular formula is C48H28N2S3. The van der Waals surface area contributed by atoms with Gasteiger partial charge in [-0.15, -0.1) is 11.3 Å². The van der Waals surface area contributed by atoms with Gasteiger partial charge in [-0.1, -0.05) is 121 Å². The van der Waals surface area contributed by atoms with Crippen LogP contribution in [0, 0.1) is 0 Å². The van der Waals surface area contributed by atoms with E-state index in [0.29, 0.717) is 0 Å². The second-order valence-electron chi connectivity index (χ2n) is 13.7. The Hall–Kier alpha value is -5.72. The molecule has 2 nitrogen and oxygen atoms in total. The van der Waals surface area contributed by atoms with Crippen molar-refractivity contribution in [3.63, 3.8) is 0 Å². The number of hydrogen-bond acceptors (Lipinski definition) is 3. The number of thiophene rings is 1. The minimum absolute atomic E-state index is 1.17. The molecule has 0 aliphatic carbocycles. The van der Waals surface area contributed by atoms with Crippen LogP contribution < -0.4 is 0 Å². The largest absolute Gasteiger partial charge is 0.309 e. The van der Waals surface area contributed by atoms with Crippen molar-refractivity contribution in [3.05, 3.63) is 170 Å². The zero-order valence-corrected chi connectivity index (χ0v) is 30.7. The molecule has 248 valence electrons. The summed E-state index contributed by atoms with van der Waals surface area (Å²) < 4.78 is 7.56. The SMILES string of the molecule is c1ccc2c(c1)Sc1ccc3c(c1S2)c1ccccc1n3-c1ccc(-c2ccc(-n3c4ccccc4c4c5sc6ccccc6c5ccc43)cc2)cc1. The zero-order valence-electron chi connectivity index (χ0n) is 28.3. The standard InChI is InChI=1S/C48H28N2S3/c1-4-12-37-35(10-1)45-39(26-25-34-33-9-3-6-14-41(33)52-47(34)45)49(37)31-21-17-29(18-22-31)30-19-23-32(24-20-30)50-38-13-5-2-11-36(38)46-40(50)27-28-44-48(46)53-43-16-8-7-15-42(43)51-44/h1-28H. The monoisotopic (exact) mass is 728 g/mol. The molecule has 0 spiro atoms. The van der Waals surface area contributed by atoms with Gasteiger partial charge < -0.3 is 9.13 Å². The first-order valence-electron chi connectivity index (χ1n) is 17.8. The van der Waals surface area contributed by atoms with Crippen LogP contribution in [0.2, 0.25) is 0 Å². The highest BCUT2D eigenvalue weighted by molar-refractivity contribution is 8.05. The van der Waals surface area contributed by atoms with Crippen LogP contribution in [-0.2, 0) is 0 Å². The van der Waals surface area contributed by atoms with Crippen molar-refractivity contribution >= 4 is 98.6 Å². The molecule has 0 amide bonds. The van der Waals surface area contributed by atoms with E-state index in [4.69, 9.17) is 0 Å². The maximum Gasteiger partial charge on any atom is 0.0555 e. The maximum absolute atomic E-state index is 2.43. The highest BCUT2D eigenvalue weighted by Crippen LogP contribution is 2.53. The van der Waals surface area contributed by atoms with Gasteiger partial charge in [-0.05, 0) is 83.9 Å². The summed E-state index contributed by atoms with van der Waals surface area (Å²) in [6, 6.07) is 62.6. The van der Waals surface area contributed by atoms with Gasteiger partial charge in [-0.3, -0.25) is 0 Å². The van der Waals surface area contributed by atoms with E-state index < -0.39 is 0 Å². The van der Waals surface area contributed by atoms with Crippen molar-refractivity contribution in [1.82, 2.24) is 9.13 Å². The maximum atomic E-state index is 2.43.